The fourth-order valence-electron chi connectivity index (χ4n) is 2.02. The fraction of sp³-hybridized carbons (Fsp3) is 0.176. The molecule has 2 rings (SSSR count). The highest BCUT2D eigenvalue weighted by molar-refractivity contribution is 7.92. The second-order valence-electron chi connectivity index (χ2n) is 4.94. The highest BCUT2D eigenvalue weighted by Crippen LogP contribution is 2.22. The maximum absolute atomic E-state index is 12.6. The van der Waals surface area contributed by atoms with Crippen molar-refractivity contribution in [2.75, 3.05) is 11.4 Å². The van der Waals surface area contributed by atoms with Gasteiger partial charge in [-0.3, -0.25) is 4.31 Å². The van der Waals surface area contributed by atoms with E-state index in [1.165, 1.54) is 4.31 Å². The van der Waals surface area contributed by atoms with Crippen molar-refractivity contribution in [2.45, 2.75) is 18.2 Å². The molecular weight excluding hydrogens is 282 g/mol. The van der Waals surface area contributed by atoms with Crippen LogP contribution in [0.5, 0.6) is 0 Å². The summed E-state index contributed by atoms with van der Waals surface area (Å²) in [6.07, 6.45) is 2.59. The van der Waals surface area contributed by atoms with Gasteiger partial charge in [-0.25, -0.2) is 8.42 Å². The fourth-order valence-corrected chi connectivity index (χ4v) is 3.21. The van der Waals surface area contributed by atoms with Gasteiger partial charge < -0.3 is 0 Å². The van der Waals surface area contributed by atoms with E-state index >= 15 is 0 Å². The average Bonchev–Trinajstić information content (AvgIpc) is 2.48. The van der Waals surface area contributed by atoms with Crippen LogP contribution in [-0.2, 0) is 16.4 Å². The van der Waals surface area contributed by atoms with Gasteiger partial charge in [-0.1, -0.05) is 35.9 Å². The molecular formula is C17H19NO2S. The van der Waals surface area contributed by atoms with Crippen molar-refractivity contribution in [1.29, 1.82) is 0 Å². The third-order valence-electron chi connectivity index (χ3n) is 3.36. The highest BCUT2D eigenvalue weighted by atomic mass is 32.2. The van der Waals surface area contributed by atoms with Crippen LogP contribution in [0.15, 0.2) is 66.1 Å². The molecule has 0 heterocycles. The molecule has 0 N–H and O–H groups in total. The molecule has 0 aliphatic carbocycles. The Balaban J connectivity index is 2.31. The van der Waals surface area contributed by atoms with Crippen molar-refractivity contribution < 1.29 is 8.42 Å². The number of hydrogen-bond donors (Lipinski definition) is 0. The zero-order valence-electron chi connectivity index (χ0n) is 12.3. The van der Waals surface area contributed by atoms with Gasteiger partial charge >= 0.3 is 0 Å². The summed E-state index contributed by atoms with van der Waals surface area (Å²) in [5, 5.41) is 0. The Morgan fingerprint density at radius 2 is 1.62 bits per heavy atom. The molecule has 0 amide bonds. The van der Waals surface area contributed by atoms with Crippen LogP contribution in [0.3, 0.4) is 0 Å². The molecule has 0 fully saturated rings. The van der Waals surface area contributed by atoms with Crippen molar-refractivity contribution in [1.82, 2.24) is 0 Å². The third kappa shape index (κ3) is 3.34. The topological polar surface area (TPSA) is 37.4 Å². The smallest absolute Gasteiger partial charge is 0.264 e. The number of anilines is 1. The normalized spacial score (nSPS) is 11.1. The third-order valence-corrected chi connectivity index (χ3v) is 5.16. The van der Waals surface area contributed by atoms with E-state index in [1.54, 1.807) is 31.3 Å². The summed E-state index contributed by atoms with van der Waals surface area (Å²) in [6, 6.07) is 14.3. The summed E-state index contributed by atoms with van der Waals surface area (Å²) in [5.74, 6) is 0. The Morgan fingerprint density at radius 3 is 2.14 bits per heavy atom. The summed E-state index contributed by atoms with van der Waals surface area (Å²) >= 11 is 0. The Kier molecular flexibility index (Phi) is 4.48. The standard InChI is InChI=1S/C17H19NO2S/c1-4-5-15-8-10-16(11-9-15)18(3)21(19,20)17-12-6-14(2)7-13-17/h4,6-13H,1,5H2,2-3H3. The lowest BCUT2D eigenvalue weighted by Crippen LogP contribution is -2.26. The number of aryl methyl sites for hydroxylation is 1. The van der Waals surface area contributed by atoms with Crippen LogP contribution in [0.2, 0.25) is 0 Å². The molecule has 2 aromatic rings. The molecule has 0 atom stereocenters. The van der Waals surface area contributed by atoms with Gasteiger partial charge in [0.05, 0.1) is 10.6 Å². The molecule has 0 aromatic heterocycles. The van der Waals surface area contributed by atoms with Crippen LogP contribution in [0.1, 0.15) is 11.1 Å². The second-order valence-corrected chi connectivity index (χ2v) is 6.91. The molecule has 0 unspecified atom stereocenters. The van der Waals surface area contributed by atoms with Gasteiger partial charge in [-0.15, -0.1) is 6.58 Å². The predicted octanol–water partition coefficient (Wildman–Crippen LogP) is 3.55. The first-order chi connectivity index (χ1) is 9.95. The monoisotopic (exact) mass is 301 g/mol. The first-order valence-corrected chi connectivity index (χ1v) is 8.14. The van der Waals surface area contributed by atoms with Gasteiger partial charge in [0.25, 0.3) is 10.0 Å². The molecule has 0 aliphatic rings. The summed E-state index contributed by atoms with van der Waals surface area (Å²) in [6.45, 7) is 5.62. The zero-order valence-corrected chi connectivity index (χ0v) is 13.1. The van der Waals surface area contributed by atoms with E-state index in [0.29, 0.717) is 10.6 Å². The van der Waals surface area contributed by atoms with Crippen molar-refractivity contribution in [3.8, 4) is 0 Å². The van der Waals surface area contributed by atoms with Gasteiger partial charge in [-0.2, -0.15) is 0 Å². The zero-order chi connectivity index (χ0) is 15.5. The quantitative estimate of drug-likeness (QED) is 0.792. The highest BCUT2D eigenvalue weighted by Gasteiger charge is 2.20. The summed E-state index contributed by atoms with van der Waals surface area (Å²) < 4.78 is 26.4. The minimum absolute atomic E-state index is 0.297. The predicted molar refractivity (Wildman–Crippen MR) is 87.1 cm³/mol. The molecule has 0 aliphatic heterocycles. The van der Waals surface area contributed by atoms with E-state index in [2.05, 4.69) is 6.58 Å². The molecule has 0 saturated carbocycles. The minimum Gasteiger partial charge on any atom is -0.269 e. The maximum Gasteiger partial charge on any atom is 0.264 e. The van der Waals surface area contributed by atoms with Crippen LogP contribution < -0.4 is 4.31 Å². The molecule has 0 bridgehead atoms. The summed E-state index contributed by atoms with van der Waals surface area (Å²) in [7, 11) is -1.95. The molecule has 110 valence electrons. The largest absolute Gasteiger partial charge is 0.269 e. The minimum atomic E-state index is -3.52. The van der Waals surface area contributed by atoms with E-state index in [0.717, 1.165) is 17.5 Å². The molecule has 3 nitrogen and oxygen atoms in total. The van der Waals surface area contributed by atoms with Crippen LogP contribution >= 0.6 is 0 Å². The van der Waals surface area contributed by atoms with Crippen molar-refractivity contribution in [2.24, 2.45) is 0 Å². The first kappa shape index (κ1) is 15.3. The van der Waals surface area contributed by atoms with E-state index in [-0.39, 0.29) is 0 Å². The number of nitrogens with zero attached hydrogens (tertiary/aromatic N) is 1. The molecule has 4 heteroatoms. The van der Waals surface area contributed by atoms with Crippen LogP contribution in [0, 0.1) is 6.92 Å². The Morgan fingerprint density at radius 1 is 1.05 bits per heavy atom. The van der Waals surface area contributed by atoms with Crippen molar-refractivity contribution in [3.05, 3.63) is 72.3 Å². The first-order valence-electron chi connectivity index (χ1n) is 6.70. The van der Waals surface area contributed by atoms with Crippen molar-refractivity contribution >= 4 is 15.7 Å². The van der Waals surface area contributed by atoms with E-state index in [4.69, 9.17) is 0 Å². The second kappa shape index (κ2) is 6.14. The molecule has 0 radical (unpaired) electrons. The lowest BCUT2D eigenvalue weighted by Gasteiger charge is -2.20. The maximum atomic E-state index is 12.6. The Hall–Kier alpha value is -2.07. The number of sulfonamides is 1. The van der Waals surface area contributed by atoms with Crippen LogP contribution in [0.25, 0.3) is 0 Å². The SMILES string of the molecule is C=CCc1ccc(N(C)S(=O)(=O)c2ccc(C)cc2)cc1. The summed E-state index contributed by atoms with van der Waals surface area (Å²) in [4.78, 5) is 0.297. The van der Waals surface area contributed by atoms with Gasteiger partial charge in [0, 0.05) is 7.05 Å². The number of rotatable bonds is 5. The lowest BCUT2D eigenvalue weighted by molar-refractivity contribution is 0.594. The molecule has 0 spiro atoms. The molecule has 2 aromatic carbocycles. The van der Waals surface area contributed by atoms with Crippen molar-refractivity contribution in [3.63, 3.8) is 0 Å². The number of allylic oxidation sites excluding steroid dienone is 1. The van der Waals surface area contributed by atoms with Crippen LogP contribution in [-0.4, -0.2) is 15.5 Å². The van der Waals surface area contributed by atoms with E-state index < -0.39 is 10.0 Å². The van der Waals surface area contributed by atoms with Gasteiger partial charge in [0.15, 0.2) is 0 Å². The molecule has 21 heavy (non-hydrogen) atoms. The average molecular weight is 301 g/mol. The van der Waals surface area contributed by atoms with Gasteiger partial charge in [-0.05, 0) is 43.2 Å². The lowest BCUT2D eigenvalue weighted by atomic mass is 10.1. The Labute approximate surface area is 126 Å². The van der Waals surface area contributed by atoms with E-state index in [1.807, 2.05) is 37.3 Å². The number of hydrogen-bond acceptors (Lipinski definition) is 2. The number of benzene rings is 2. The Bertz CT molecular complexity index is 716. The van der Waals surface area contributed by atoms with Gasteiger partial charge in [0.1, 0.15) is 0 Å². The van der Waals surface area contributed by atoms with Gasteiger partial charge in [0.2, 0.25) is 0 Å². The summed E-state index contributed by atoms with van der Waals surface area (Å²) in [5.41, 5.74) is 2.78. The van der Waals surface area contributed by atoms with Crippen LogP contribution in [0.4, 0.5) is 5.69 Å². The molecule has 0 saturated heterocycles. The van der Waals surface area contributed by atoms with E-state index in [9.17, 15) is 8.42 Å².